The van der Waals surface area contributed by atoms with Crippen molar-refractivity contribution in [2.45, 2.75) is 26.8 Å². The van der Waals surface area contributed by atoms with Crippen molar-refractivity contribution < 1.29 is 18.7 Å². The van der Waals surface area contributed by atoms with Gasteiger partial charge in [-0.25, -0.2) is 4.79 Å². The minimum absolute atomic E-state index is 0.358. The monoisotopic (exact) mass is 392 g/mol. The first kappa shape index (κ1) is 20.2. The molecule has 1 amide bonds. The van der Waals surface area contributed by atoms with Gasteiger partial charge >= 0.3 is 5.97 Å². The second-order valence-electron chi connectivity index (χ2n) is 6.57. The fourth-order valence-electron chi connectivity index (χ4n) is 3.00. The summed E-state index contributed by atoms with van der Waals surface area (Å²) >= 11 is 0. The number of aryl methyl sites for hydroxylation is 2. The SMILES string of the molecule is CCc1cccc(C)c1NC(=O)COC(=O)c1ccccc1NCc1ccco1. The molecule has 1 heterocycles. The Kier molecular flexibility index (Phi) is 6.68. The minimum atomic E-state index is -0.566. The first-order chi connectivity index (χ1) is 14.1. The van der Waals surface area contributed by atoms with Gasteiger partial charge in [0.1, 0.15) is 5.76 Å². The van der Waals surface area contributed by atoms with Crippen LogP contribution in [0.5, 0.6) is 0 Å². The summed E-state index contributed by atoms with van der Waals surface area (Å²) in [6.07, 6.45) is 2.39. The Morgan fingerprint density at radius 3 is 2.62 bits per heavy atom. The maximum atomic E-state index is 12.5. The molecule has 0 fully saturated rings. The quantitative estimate of drug-likeness (QED) is 0.550. The average Bonchev–Trinajstić information content (AvgIpc) is 3.26. The van der Waals surface area contributed by atoms with Crippen molar-refractivity contribution in [1.82, 2.24) is 0 Å². The average molecular weight is 392 g/mol. The summed E-state index contributed by atoms with van der Waals surface area (Å²) in [4.78, 5) is 24.8. The van der Waals surface area contributed by atoms with Crippen molar-refractivity contribution in [2.24, 2.45) is 0 Å². The van der Waals surface area contributed by atoms with Crippen molar-refractivity contribution in [1.29, 1.82) is 0 Å². The Balaban J connectivity index is 1.60. The van der Waals surface area contributed by atoms with Gasteiger partial charge in [-0.2, -0.15) is 0 Å². The van der Waals surface area contributed by atoms with Gasteiger partial charge in [0.05, 0.1) is 18.4 Å². The third-order valence-corrected chi connectivity index (χ3v) is 4.52. The second-order valence-corrected chi connectivity index (χ2v) is 6.57. The maximum Gasteiger partial charge on any atom is 0.340 e. The van der Waals surface area contributed by atoms with E-state index in [2.05, 4.69) is 10.6 Å². The number of carbonyl (C=O) groups excluding carboxylic acids is 2. The van der Waals surface area contributed by atoms with Gasteiger partial charge in [-0.3, -0.25) is 4.79 Å². The highest BCUT2D eigenvalue weighted by atomic mass is 16.5. The summed E-state index contributed by atoms with van der Waals surface area (Å²) in [5.74, 6) is -0.191. The van der Waals surface area contributed by atoms with Crippen LogP contribution >= 0.6 is 0 Å². The molecule has 6 nitrogen and oxygen atoms in total. The number of rotatable bonds is 8. The molecule has 0 atom stereocenters. The molecule has 3 rings (SSSR count). The molecule has 0 spiro atoms. The van der Waals surface area contributed by atoms with Crippen LogP contribution in [0.25, 0.3) is 0 Å². The van der Waals surface area contributed by atoms with Gasteiger partial charge in [0.2, 0.25) is 0 Å². The van der Waals surface area contributed by atoms with E-state index in [-0.39, 0.29) is 12.5 Å². The molecular formula is C23H24N2O4. The number of para-hydroxylation sites is 2. The van der Waals surface area contributed by atoms with Crippen molar-refractivity contribution in [2.75, 3.05) is 17.2 Å². The van der Waals surface area contributed by atoms with Gasteiger partial charge < -0.3 is 19.8 Å². The number of hydrogen-bond acceptors (Lipinski definition) is 5. The largest absolute Gasteiger partial charge is 0.467 e. The van der Waals surface area contributed by atoms with E-state index in [4.69, 9.17) is 9.15 Å². The zero-order valence-electron chi connectivity index (χ0n) is 16.5. The number of anilines is 2. The summed E-state index contributed by atoms with van der Waals surface area (Å²) in [5.41, 5.74) is 3.75. The third-order valence-electron chi connectivity index (χ3n) is 4.52. The third kappa shape index (κ3) is 5.25. The Bertz CT molecular complexity index is 980. The number of nitrogens with one attached hydrogen (secondary N) is 2. The second kappa shape index (κ2) is 9.59. The first-order valence-electron chi connectivity index (χ1n) is 9.49. The van der Waals surface area contributed by atoms with Crippen LogP contribution < -0.4 is 10.6 Å². The zero-order valence-corrected chi connectivity index (χ0v) is 16.5. The van der Waals surface area contributed by atoms with E-state index in [1.165, 1.54) is 0 Å². The lowest BCUT2D eigenvalue weighted by Gasteiger charge is -2.14. The van der Waals surface area contributed by atoms with Gasteiger partial charge in [-0.1, -0.05) is 37.3 Å². The van der Waals surface area contributed by atoms with E-state index in [0.717, 1.165) is 29.0 Å². The molecular weight excluding hydrogens is 368 g/mol. The number of benzene rings is 2. The summed E-state index contributed by atoms with van der Waals surface area (Å²) in [7, 11) is 0. The molecule has 0 unspecified atom stereocenters. The van der Waals surface area contributed by atoms with Crippen molar-refractivity contribution in [3.8, 4) is 0 Å². The number of furan rings is 1. The molecule has 3 aromatic rings. The Labute approximate surface area is 169 Å². The molecule has 2 N–H and O–H groups in total. The van der Waals surface area contributed by atoms with Crippen LogP contribution in [-0.4, -0.2) is 18.5 Å². The predicted molar refractivity (Wildman–Crippen MR) is 112 cm³/mol. The highest BCUT2D eigenvalue weighted by Crippen LogP contribution is 2.21. The number of carbonyl (C=O) groups is 2. The number of hydrogen-bond donors (Lipinski definition) is 2. The van der Waals surface area contributed by atoms with Crippen LogP contribution in [0.1, 0.15) is 34.2 Å². The molecule has 0 radical (unpaired) electrons. The minimum Gasteiger partial charge on any atom is -0.467 e. The van der Waals surface area contributed by atoms with Crippen molar-refractivity contribution in [3.63, 3.8) is 0 Å². The Morgan fingerprint density at radius 2 is 1.86 bits per heavy atom. The molecule has 0 aliphatic heterocycles. The smallest absolute Gasteiger partial charge is 0.340 e. The van der Waals surface area contributed by atoms with Gasteiger partial charge in [-0.05, 0) is 48.7 Å². The predicted octanol–water partition coefficient (Wildman–Crippen LogP) is 4.56. The molecule has 0 bridgehead atoms. The Morgan fingerprint density at radius 1 is 1.03 bits per heavy atom. The number of amides is 1. The standard InChI is InChI=1S/C23H24N2O4/c1-3-17-9-6-8-16(2)22(17)25-21(26)15-29-23(27)19-11-4-5-12-20(19)24-14-18-10-7-13-28-18/h4-13,24H,3,14-15H2,1-2H3,(H,25,26). The van der Waals surface area contributed by atoms with Crippen LogP contribution in [0.2, 0.25) is 0 Å². The van der Waals surface area contributed by atoms with E-state index in [0.29, 0.717) is 17.8 Å². The Hall–Kier alpha value is -3.54. The molecule has 0 saturated carbocycles. The van der Waals surface area contributed by atoms with Crippen LogP contribution in [0.15, 0.2) is 65.3 Å². The normalized spacial score (nSPS) is 10.4. The van der Waals surface area contributed by atoms with Gasteiger partial charge in [0.25, 0.3) is 5.91 Å². The van der Waals surface area contributed by atoms with Gasteiger partial charge in [-0.15, -0.1) is 0 Å². The summed E-state index contributed by atoms with van der Waals surface area (Å²) in [6, 6.07) is 16.5. The van der Waals surface area contributed by atoms with Crippen LogP contribution in [-0.2, 0) is 22.5 Å². The lowest BCUT2D eigenvalue weighted by Crippen LogP contribution is -2.22. The highest BCUT2D eigenvalue weighted by molar-refractivity contribution is 5.99. The number of esters is 1. The molecule has 2 aromatic carbocycles. The van der Waals surface area contributed by atoms with Crippen LogP contribution in [0.4, 0.5) is 11.4 Å². The molecule has 150 valence electrons. The number of ether oxygens (including phenoxy) is 1. The van der Waals surface area contributed by atoms with Crippen LogP contribution in [0, 0.1) is 6.92 Å². The molecule has 1 aromatic heterocycles. The molecule has 29 heavy (non-hydrogen) atoms. The summed E-state index contributed by atoms with van der Waals surface area (Å²) < 4.78 is 10.5. The molecule has 0 aliphatic rings. The van der Waals surface area contributed by atoms with E-state index in [9.17, 15) is 9.59 Å². The molecule has 0 aliphatic carbocycles. The summed E-state index contributed by atoms with van der Waals surface area (Å²) in [5, 5.41) is 6.00. The van der Waals surface area contributed by atoms with E-state index >= 15 is 0 Å². The summed E-state index contributed by atoms with van der Waals surface area (Å²) in [6.45, 7) is 4.03. The fourth-order valence-corrected chi connectivity index (χ4v) is 3.00. The molecule has 6 heteroatoms. The van der Waals surface area contributed by atoms with Crippen molar-refractivity contribution >= 4 is 23.3 Å². The van der Waals surface area contributed by atoms with E-state index in [1.54, 1.807) is 30.5 Å². The lowest BCUT2D eigenvalue weighted by atomic mass is 10.1. The fraction of sp³-hybridized carbons (Fsp3) is 0.217. The topological polar surface area (TPSA) is 80.6 Å². The zero-order chi connectivity index (χ0) is 20.6. The maximum absolute atomic E-state index is 12.5. The van der Waals surface area contributed by atoms with Gasteiger partial charge in [0, 0.05) is 11.4 Å². The van der Waals surface area contributed by atoms with Crippen molar-refractivity contribution in [3.05, 3.63) is 83.3 Å². The molecule has 0 saturated heterocycles. The van der Waals surface area contributed by atoms with Gasteiger partial charge in [0.15, 0.2) is 6.61 Å². The first-order valence-corrected chi connectivity index (χ1v) is 9.49. The highest BCUT2D eigenvalue weighted by Gasteiger charge is 2.15. The lowest BCUT2D eigenvalue weighted by molar-refractivity contribution is -0.119. The van der Waals surface area contributed by atoms with Crippen LogP contribution in [0.3, 0.4) is 0 Å². The van der Waals surface area contributed by atoms with E-state index in [1.807, 2.05) is 44.2 Å². The van der Waals surface area contributed by atoms with E-state index < -0.39 is 5.97 Å².